The fourth-order valence-corrected chi connectivity index (χ4v) is 3.88. The van der Waals surface area contributed by atoms with E-state index >= 15 is 0 Å². The van der Waals surface area contributed by atoms with Crippen molar-refractivity contribution in [3.8, 4) is 11.3 Å². The van der Waals surface area contributed by atoms with Crippen LogP contribution in [0.4, 0.5) is 10.2 Å². The SMILES string of the molecule is Cc1ccccc1-c1ccc(N2CCN(C(=O)Cc3c(F)cccc3Cl)CC2)nn1. The zero-order chi connectivity index (χ0) is 21.1. The lowest BCUT2D eigenvalue weighted by Crippen LogP contribution is -2.49. The molecule has 0 aliphatic carbocycles. The molecule has 1 aliphatic rings. The van der Waals surface area contributed by atoms with Gasteiger partial charge in [-0.15, -0.1) is 10.2 Å². The molecule has 5 nitrogen and oxygen atoms in total. The third-order valence-electron chi connectivity index (χ3n) is 5.42. The van der Waals surface area contributed by atoms with Gasteiger partial charge in [-0.2, -0.15) is 0 Å². The van der Waals surface area contributed by atoms with Gasteiger partial charge in [-0.3, -0.25) is 4.79 Å². The average molecular weight is 425 g/mol. The topological polar surface area (TPSA) is 49.3 Å². The average Bonchev–Trinajstić information content (AvgIpc) is 2.77. The van der Waals surface area contributed by atoms with Gasteiger partial charge in [0.15, 0.2) is 5.82 Å². The van der Waals surface area contributed by atoms with Crippen LogP contribution in [0.3, 0.4) is 0 Å². The lowest BCUT2D eigenvalue weighted by atomic mass is 10.1. The van der Waals surface area contributed by atoms with Crippen molar-refractivity contribution >= 4 is 23.3 Å². The van der Waals surface area contributed by atoms with Gasteiger partial charge in [0.05, 0.1) is 12.1 Å². The molecule has 0 atom stereocenters. The van der Waals surface area contributed by atoms with E-state index < -0.39 is 5.82 Å². The second kappa shape index (κ2) is 8.79. The van der Waals surface area contributed by atoms with E-state index in [-0.39, 0.29) is 22.9 Å². The van der Waals surface area contributed by atoms with Gasteiger partial charge >= 0.3 is 0 Å². The molecule has 3 aromatic rings. The number of hydrogen-bond donors (Lipinski definition) is 0. The Labute approximate surface area is 180 Å². The third kappa shape index (κ3) is 4.28. The van der Waals surface area contributed by atoms with Crippen LogP contribution in [-0.4, -0.2) is 47.2 Å². The van der Waals surface area contributed by atoms with Crippen LogP contribution in [0.2, 0.25) is 5.02 Å². The molecule has 1 saturated heterocycles. The first kappa shape index (κ1) is 20.3. The van der Waals surface area contributed by atoms with Crippen molar-refractivity contribution in [1.29, 1.82) is 0 Å². The van der Waals surface area contributed by atoms with Crippen LogP contribution in [0.25, 0.3) is 11.3 Å². The number of aryl methyl sites for hydroxylation is 1. The van der Waals surface area contributed by atoms with E-state index in [0.717, 1.165) is 22.6 Å². The monoisotopic (exact) mass is 424 g/mol. The number of rotatable bonds is 4. The van der Waals surface area contributed by atoms with Gasteiger partial charge in [-0.05, 0) is 36.8 Å². The highest BCUT2D eigenvalue weighted by atomic mass is 35.5. The summed E-state index contributed by atoms with van der Waals surface area (Å²) in [5, 5.41) is 9.06. The number of anilines is 1. The van der Waals surface area contributed by atoms with E-state index in [9.17, 15) is 9.18 Å². The Morgan fingerprint density at radius 1 is 1.00 bits per heavy atom. The van der Waals surface area contributed by atoms with Crippen LogP contribution in [0, 0.1) is 12.7 Å². The Balaban J connectivity index is 1.37. The highest BCUT2D eigenvalue weighted by Gasteiger charge is 2.23. The standard InChI is InChI=1S/C23H22ClFN4O/c1-16-5-2-3-6-17(16)21-9-10-22(27-26-21)28-11-13-29(14-12-28)23(30)15-18-19(24)7-4-8-20(18)25/h2-10H,11-15H2,1H3. The molecule has 1 amide bonds. The number of hydrogen-bond acceptors (Lipinski definition) is 4. The van der Waals surface area contributed by atoms with Gasteiger partial charge in [0.1, 0.15) is 5.82 Å². The lowest BCUT2D eigenvalue weighted by molar-refractivity contribution is -0.130. The zero-order valence-corrected chi connectivity index (χ0v) is 17.4. The van der Waals surface area contributed by atoms with E-state index in [0.29, 0.717) is 26.2 Å². The molecule has 7 heteroatoms. The number of carbonyl (C=O) groups excluding carboxylic acids is 1. The molecular weight excluding hydrogens is 403 g/mol. The minimum atomic E-state index is -0.446. The van der Waals surface area contributed by atoms with Crippen molar-refractivity contribution in [1.82, 2.24) is 15.1 Å². The summed E-state index contributed by atoms with van der Waals surface area (Å²) in [4.78, 5) is 16.5. The number of carbonyl (C=O) groups is 1. The number of piperazine rings is 1. The van der Waals surface area contributed by atoms with Crippen LogP contribution in [0.15, 0.2) is 54.6 Å². The fourth-order valence-electron chi connectivity index (χ4n) is 3.65. The summed E-state index contributed by atoms with van der Waals surface area (Å²) in [6, 6.07) is 16.5. The second-order valence-electron chi connectivity index (χ2n) is 7.34. The predicted molar refractivity (Wildman–Crippen MR) is 116 cm³/mol. The fraction of sp³-hybridized carbons (Fsp3) is 0.261. The van der Waals surface area contributed by atoms with Gasteiger partial charge in [-0.1, -0.05) is 41.9 Å². The summed E-state index contributed by atoms with van der Waals surface area (Å²) < 4.78 is 14.0. The summed E-state index contributed by atoms with van der Waals surface area (Å²) in [5.41, 5.74) is 3.32. The van der Waals surface area contributed by atoms with E-state index in [2.05, 4.69) is 28.1 Å². The van der Waals surface area contributed by atoms with Crippen molar-refractivity contribution in [3.05, 3.63) is 76.6 Å². The van der Waals surface area contributed by atoms with Crippen molar-refractivity contribution in [2.75, 3.05) is 31.1 Å². The molecule has 2 aromatic carbocycles. The van der Waals surface area contributed by atoms with Gasteiger partial charge in [0.25, 0.3) is 0 Å². The second-order valence-corrected chi connectivity index (χ2v) is 7.74. The summed E-state index contributed by atoms with van der Waals surface area (Å²) in [6.45, 7) is 4.44. The summed E-state index contributed by atoms with van der Waals surface area (Å²) in [7, 11) is 0. The molecule has 0 N–H and O–H groups in total. The maximum absolute atomic E-state index is 14.0. The molecule has 0 unspecified atom stereocenters. The van der Waals surface area contributed by atoms with Crippen molar-refractivity contribution in [2.24, 2.45) is 0 Å². The molecule has 1 fully saturated rings. The summed E-state index contributed by atoms with van der Waals surface area (Å²) >= 11 is 6.05. The number of halogens is 2. The maximum Gasteiger partial charge on any atom is 0.227 e. The molecular formula is C23H22ClFN4O. The summed E-state index contributed by atoms with van der Waals surface area (Å²) in [5.74, 6) is 0.220. The molecule has 154 valence electrons. The van der Waals surface area contributed by atoms with Crippen LogP contribution in [0.1, 0.15) is 11.1 Å². The highest BCUT2D eigenvalue weighted by molar-refractivity contribution is 6.31. The molecule has 0 spiro atoms. The molecule has 0 bridgehead atoms. The maximum atomic E-state index is 14.0. The van der Waals surface area contributed by atoms with Gasteiger partial charge in [0, 0.05) is 42.3 Å². The minimum Gasteiger partial charge on any atom is -0.352 e. The minimum absolute atomic E-state index is 0.0313. The molecule has 1 aliphatic heterocycles. The van der Waals surface area contributed by atoms with Crippen molar-refractivity contribution < 1.29 is 9.18 Å². The molecule has 4 rings (SSSR count). The van der Waals surface area contributed by atoms with E-state index in [1.54, 1.807) is 11.0 Å². The van der Waals surface area contributed by atoms with E-state index in [1.807, 2.05) is 30.3 Å². The first-order chi connectivity index (χ1) is 14.5. The van der Waals surface area contributed by atoms with Gasteiger partial charge in [0.2, 0.25) is 5.91 Å². The number of benzene rings is 2. The normalized spacial score (nSPS) is 14.1. The number of nitrogens with zero attached hydrogens (tertiary/aromatic N) is 4. The first-order valence-corrected chi connectivity index (χ1v) is 10.3. The number of aromatic nitrogens is 2. The predicted octanol–water partition coefficient (Wildman–Crippen LogP) is 4.14. The van der Waals surface area contributed by atoms with Gasteiger partial charge < -0.3 is 9.80 Å². The lowest BCUT2D eigenvalue weighted by Gasteiger charge is -2.35. The Hall–Kier alpha value is -2.99. The Kier molecular flexibility index (Phi) is 5.95. The van der Waals surface area contributed by atoms with E-state index in [1.165, 1.54) is 12.1 Å². The Bertz CT molecular complexity index is 1030. The Morgan fingerprint density at radius 3 is 2.43 bits per heavy atom. The molecule has 0 saturated carbocycles. The third-order valence-corrected chi connectivity index (χ3v) is 5.77. The van der Waals surface area contributed by atoms with Crippen LogP contribution < -0.4 is 4.90 Å². The first-order valence-electron chi connectivity index (χ1n) is 9.88. The van der Waals surface area contributed by atoms with Crippen LogP contribution in [0.5, 0.6) is 0 Å². The van der Waals surface area contributed by atoms with Crippen LogP contribution in [-0.2, 0) is 11.2 Å². The van der Waals surface area contributed by atoms with Gasteiger partial charge in [-0.25, -0.2) is 4.39 Å². The van der Waals surface area contributed by atoms with E-state index in [4.69, 9.17) is 11.6 Å². The molecule has 2 heterocycles. The molecule has 30 heavy (non-hydrogen) atoms. The highest BCUT2D eigenvalue weighted by Crippen LogP contribution is 2.23. The quantitative estimate of drug-likeness (QED) is 0.631. The molecule has 1 aromatic heterocycles. The summed E-state index contributed by atoms with van der Waals surface area (Å²) in [6.07, 6.45) is -0.0313. The Morgan fingerprint density at radius 2 is 1.77 bits per heavy atom. The van der Waals surface area contributed by atoms with Crippen molar-refractivity contribution in [3.63, 3.8) is 0 Å². The van der Waals surface area contributed by atoms with Crippen molar-refractivity contribution in [2.45, 2.75) is 13.3 Å². The number of amides is 1. The largest absolute Gasteiger partial charge is 0.352 e. The smallest absolute Gasteiger partial charge is 0.227 e. The van der Waals surface area contributed by atoms with Crippen LogP contribution >= 0.6 is 11.6 Å². The molecule has 0 radical (unpaired) electrons. The zero-order valence-electron chi connectivity index (χ0n) is 16.7.